The Morgan fingerprint density at radius 3 is 2.31 bits per heavy atom. The van der Waals surface area contributed by atoms with E-state index >= 15 is 0 Å². The average Bonchev–Trinajstić information content (AvgIpc) is 2.49. The Balaban J connectivity index is 2.38. The zero-order valence-corrected chi connectivity index (χ0v) is 9.86. The van der Waals surface area contributed by atoms with Gasteiger partial charge in [-0.1, -0.05) is 13.8 Å². The number of carboxylic acids is 1. The van der Waals surface area contributed by atoms with Crippen LogP contribution in [0.2, 0.25) is 0 Å². The summed E-state index contributed by atoms with van der Waals surface area (Å²) in [5, 5.41) is 9.14. The second-order valence-electron chi connectivity index (χ2n) is 4.57. The van der Waals surface area contributed by atoms with Gasteiger partial charge in [-0.15, -0.1) is 0 Å². The first-order valence-electron chi connectivity index (χ1n) is 5.81. The zero-order chi connectivity index (χ0) is 12.0. The van der Waals surface area contributed by atoms with Crippen molar-refractivity contribution in [2.24, 2.45) is 11.8 Å². The van der Waals surface area contributed by atoms with E-state index in [0.717, 1.165) is 18.4 Å². The average molecular weight is 223 g/mol. The highest BCUT2D eigenvalue weighted by Gasteiger charge is 2.57. The number of β-lactam (4-membered cyclic amide) rings is 1. The molecule has 2 heterocycles. The molecule has 1 N–H and O–H groups in total. The molecule has 1 saturated heterocycles. The van der Waals surface area contributed by atoms with Crippen LogP contribution in [-0.2, 0) is 9.59 Å². The van der Waals surface area contributed by atoms with Gasteiger partial charge in [0.2, 0.25) is 5.91 Å². The number of amides is 1. The summed E-state index contributed by atoms with van der Waals surface area (Å²) < 4.78 is 0. The van der Waals surface area contributed by atoms with Gasteiger partial charge in [0.15, 0.2) is 0 Å². The molecule has 0 aliphatic carbocycles. The number of aliphatic carboxylic acids is 1. The molecule has 3 atom stereocenters. The molecule has 0 bridgehead atoms. The minimum Gasteiger partial charge on any atom is -0.477 e. The Kier molecular flexibility index (Phi) is 2.52. The molecule has 0 aromatic carbocycles. The van der Waals surface area contributed by atoms with Crippen LogP contribution < -0.4 is 0 Å². The van der Waals surface area contributed by atoms with Crippen molar-refractivity contribution in [2.45, 2.75) is 39.7 Å². The summed E-state index contributed by atoms with van der Waals surface area (Å²) in [6.45, 7) is 5.88. The lowest BCUT2D eigenvalue weighted by molar-refractivity contribution is -0.157. The maximum absolute atomic E-state index is 11.8. The van der Waals surface area contributed by atoms with Gasteiger partial charge in [-0.25, -0.2) is 4.79 Å². The van der Waals surface area contributed by atoms with Crippen molar-refractivity contribution in [1.29, 1.82) is 0 Å². The molecule has 2 aliphatic heterocycles. The summed E-state index contributed by atoms with van der Waals surface area (Å²) in [5.74, 6) is -0.730. The number of carbonyl (C=O) groups is 2. The van der Waals surface area contributed by atoms with Crippen molar-refractivity contribution in [3.63, 3.8) is 0 Å². The quantitative estimate of drug-likeness (QED) is 0.740. The van der Waals surface area contributed by atoms with Crippen LogP contribution in [0.5, 0.6) is 0 Å². The number of carboxylic acid groups (broad SMARTS) is 1. The number of rotatable bonds is 3. The first-order chi connectivity index (χ1) is 7.54. The van der Waals surface area contributed by atoms with Crippen LogP contribution in [0.4, 0.5) is 0 Å². The standard InChI is InChI=1S/C12H17NO3/c1-4-7-6(3)9(12(15)16)13-10(7)8(5-2)11(13)14/h7-8,10H,4-5H2,1-3H3,(H,15,16). The Morgan fingerprint density at radius 2 is 1.88 bits per heavy atom. The Labute approximate surface area is 94.9 Å². The summed E-state index contributed by atoms with van der Waals surface area (Å²) in [6, 6.07) is 0.105. The summed E-state index contributed by atoms with van der Waals surface area (Å²) in [6.07, 6.45) is 1.70. The summed E-state index contributed by atoms with van der Waals surface area (Å²) in [4.78, 5) is 24.5. The molecule has 0 spiro atoms. The van der Waals surface area contributed by atoms with Gasteiger partial charge in [-0.05, 0) is 25.3 Å². The number of carbonyl (C=O) groups excluding carboxylic acids is 1. The van der Waals surface area contributed by atoms with Gasteiger partial charge in [-0.2, -0.15) is 0 Å². The molecule has 4 heteroatoms. The second kappa shape index (κ2) is 3.61. The highest BCUT2D eigenvalue weighted by molar-refractivity contribution is 5.99. The van der Waals surface area contributed by atoms with Crippen molar-refractivity contribution in [1.82, 2.24) is 4.90 Å². The maximum atomic E-state index is 11.8. The third-order valence-corrected chi connectivity index (χ3v) is 3.93. The molecule has 2 rings (SSSR count). The fourth-order valence-electron chi connectivity index (χ4n) is 3.15. The largest absolute Gasteiger partial charge is 0.477 e. The molecule has 4 nitrogen and oxygen atoms in total. The predicted octanol–water partition coefficient (Wildman–Crippen LogP) is 1.62. The molecule has 0 saturated carbocycles. The molecular formula is C12H17NO3. The van der Waals surface area contributed by atoms with E-state index in [1.165, 1.54) is 4.90 Å². The van der Waals surface area contributed by atoms with E-state index in [-0.39, 0.29) is 29.5 Å². The van der Waals surface area contributed by atoms with Crippen molar-refractivity contribution in [3.05, 3.63) is 11.3 Å². The highest BCUT2D eigenvalue weighted by atomic mass is 16.4. The third kappa shape index (κ3) is 1.16. The van der Waals surface area contributed by atoms with Crippen molar-refractivity contribution in [2.75, 3.05) is 0 Å². The van der Waals surface area contributed by atoms with Gasteiger partial charge < -0.3 is 10.0 Å². The molecule has 1 amide bonds. The zero-order valence-electron chi connectivity index (χ0n) is 9.86. The summed E-state index contributed by atoms with van der Waals surface area (Å²) >= 11 is 0. The molecule has 2 aliphatic rings. The van der Waals surface area contributed by atoms with Crippen molar-refractivity contribution >= 4 is 11.9 Å². The Morgan fingerprint density at radius 1 is 1.31 bits per heavy atom. The topological polar surface area (TPSA) is 57.6 Å². The lowest BCUT2D eigenvalue weighted by atomic mass is 9.77. The van der Waals surface area contributed by atoms with E-state index in [4.69, 9.17) is 5.11 Å². The van der Waals surface area contributed by atoms with Gasteiger partial charge in [0.25, 0.3) is 0 Å². The minimum atomic E-state index is -0.971. The summed E-state index contributed by atoms with van der Waals surface area (Å²) in [7, 11) is 0. The van der Waals surface area contributed by atoms with E-state index in [2.05, 4.69) is 0 Å². The van der Waals surface area contributed by atoms with Gasteiger partial charge in [0.05, 0.1) is 12.0 Å². The van der Waals surface area contributed by atoms with Crippen LogP contribution in [0.15, 0.2) is 11.3 Å². The van der Waals surface area contributed by atoms with Gasteiger partial charge in [0.1, 0.15) is 5.70 Å². The normalized spacial score (nSPS) is 32.8. The van der Waals surface area contributed by atoms with Crippen molar-refractivity contribution in [3.8, 4) is 0 Å². The van der Waals surface area contributed by atoms with Gasteiger partial charge in [0, 0.05) is 5.92 Å². The number of nitrogens with zero attached hydrogens (tertiary/aromatic N) is 1. The van der Waals surface area contributed by atoms with Crippen LogP contribution in [0.25, 0.3) is 0 Å². The molecular weight excluding hydrogens is 206 g/mol. The Hall–Kier alpha value is -1.32. The SMILES string of the molecule is CCC1C(=O)N2C(C(=O)O)=C(C)C(CC)C12. The smallest absolute Gasteiger partial charge is 0.352 e. The minimum absolute atomic E-state index is 0.0137. The number of hydrogen-bond acceptors (Lipinski definition) is 2. The number of hydrogen-bond donors (Lipinski definition) is 1. The molecule has 88 valence electrons. The lowest BCUT2D eigenvalue weighted by Crippen LogP contribution is -2.60. The molecule has 0 radical (unpaired) electrons. The van der Waals surface area contributed by atoms with Crippen LogP contribution in [0.3, 0.4) is 0 Å². The predicted molar refractivity (Wildman–Crippen MR) is 58.5 cm³/mol. The lowest BCUT2D eigenvalue weighted by Gasteiger charge is -2.45. The first kappa shape index (κ1) is 11.2. The molecule has 0 aromatic rings. The molecule has 0 aromatic heterocycles. The van der Waals surface area contributed by atoms with Gasteiger partial charge >= 0.3 is 5.97 Å². The van der Waals surface area contributed by atoms with E-state index in [9.17, 15) is 9.59 Å². The van der Waals surface area contributed by atoms with E-state index < -0.39 is 5.97 Å². The van der Waals surface area contributed by atoms with Crippen LogP contribution in [-0.4, -0.2) is 27.9 Å². The third-order valence-electron chi connectivity index (χ3n) is 3.93. The molecule has 3 unspecified atom stereocenters. The molecule has 1 fully saturated rings. The first-order valence-corrected chi connectivity index (χ1v) is 5.81. The fourth-order valence-corrected chi connectivity index (χ4v) is 3.15. The van der Waals surface area contributed by atoms with Crippen LogP contribution in [0, 0.1) is 11.8 Å². The maximum Gasteiger partial charge on any atom is 0.352 e. The van der Waals surface area contributed by atoms with E-state index in [0.29, 0.717) is 0 Å². The van der Waals surface area contributed by atoms with Crippen LogP contribution in [0.1, 0.15) is 33.6 Å². The number of fused-ring (bicyclic) bond motifs is 1. The Bertz CT molecular complexity index is 386. The van der Waals surface area contributed by atoms with E-state index in [1.54, 1.807) is 0 Å². The van der Waals surface area contributed by atoms with E-state index in [1.807, 2.05) is 20.8 Å². The molecule has 16 heavy (non-hydrogen) atoms. The van der Waals surface area contributed by atoms with Crippen LogP contribution >= 0.6 is 0 Å². The van der Waals surface area contributed by atoms with Crippen molar-refractivity contribution < 1.29 is 14.7 Å². The second-order valence-corrected chi connectivity index (χ2v) is 4.57. The monoisotopic (exact) mass is 223 g/mol. The van der Waals surface area contributed by atoms with Gasteiger partial charge in [-0.3, -0.25) is 4.79 Å². The fraction of sp³-hybridized carbons (Fsp3) is 0.667. The summed E-state index contributed by atoms with van der Waals surface area (Å²) in [5.41, 5.74) is 1.09. The highest BCUT2D eigenvalue weighted by Crippen LogP contribution is 2.47.